The van der Waals surface area contributed by atoms with Gasteiger partial charge >= 0.3 is 0 Å². The second kappa shape index (κ2) is 6.31. The molecule has 9 heteroatoms. The van der Waals surface area contributed by atoms with Gasteiger partial charge in [0.15, 0.2) is 10.8 Å². The molecule has 0 saturated carbocycles. The highest BCUT2D eigenvalue weighted by Gasteiger charge is 2.46. The minimum absolute atomic E-state index is 0.0393. The van der Waals surface area contributed by atoms with Gasteiger partial charge in [0, 0.05) is 37.9 Å². The number of hydrogen-bond acceptors (Lipinski definition) is 5. The highest BCUT2D eigenvalue weighted by Crippen LogP contribution is 2.33. The average molecular weight is 386 g/mol. The van der Waals surface area contributed by atoms with Crippen LogP contribution in [0.5, 0.6) is 0 Å². The van der Waals surface area contributed by atoms with E-state index in [2.05, 4.69) is 26.9 Å². The highest BCUT2D eigenvalue weighted by molar-refractivity contribution is 6.32. The fourth-order valence-corrected chi connectivity index (χ4v) is 4.60. The molecule has 0 aromatic carbocycles. The van der Waals surface area contributed by atoms with E-state index in [4.69, 9.17) is 11.6 Å². The molecule has 3 aromatic rings. The molecule has 5 rings (SSSR count). The molecule has 0 unspecified atom stereocenters. The number of aromatic nitrogens is 5. The Bertz CT molecular complexity index is 1010. The van der Waals surface area contributed by atoms with Gasteiger partial charge in [0.2, 0.25) is 0 Å². The molecule has 8 nitrogen and oxygen atoms in total. The predicted octanol–water partition coefficient (Wildman–Crippen LogP) is 1.70. The third-order valence-electron chi connectivity index (χ3n) is 5.64. The van der Waals surface area contributed by atoms with Gasteiger partial charge in [-0.25, -0.2) is 14.6 Å². The summed E-state index contributed by atoms with van der Waals surface area (Å²) in [5, 5.41) is 4.51. The number of amides is 1. The number of piperazine rings is 1. The number of likely N-dealkylation sites (tertiary alicyclic amines) is 2. The van der Waals surface area contributed by atoms with E-state index < -0.39 is 0 Å². The van der Waals surface area contributed by atoms with Crippen LogP contribution in [0.15, 0.2) is 30.7 Å². The Morgan fingerprint density at radius 3 is 2.96 bits per heavy atom. The van der Waals surface area contributed by atoms with Gasteiger partial charge in [-0.1, -0.05) is 17.7 Å². The molecule has 0 radical (unpaired) electrons. The third-order valence-corrected chi connectivity index (χ3v) is 5.91. The number of fused-ring (bicyclic) bond motifs is 3. The van der Waals surface area contributed by atoms with E-state index in [-0.39, 0.29) is 17.1 Å². The second-order valence-corrected chi connectivity index (χ2v) is 7.46. The van der Waals surface area contributed by atoms with Crippen LogP contribution in [0.1, 0.15) is 29.7 Å². The Morgan fingerprint density at radius 1 is 1.30 bits per heavy atom. The summed E-state index contributed by atoms with van der Waals surface area (Å²) in [5.74, 6) is 0.940. The monoisotopic (exact) mass is 385 g/mol. The number of aryl methyl sites for hydroxylation is 1. The van der Waals surface area contributed by atoms with Crippen LogP contribution in [-0.2, 0) is 13.1 Å². The van der Waals surface area contributed by atoms with Crippen molar-refractivity contribution in [2.24, 2.45) is 0 Å². The summed E-state index contributed by atoms with van der Waals surface area (Å²) >= 11 is 6.29. The molecule has 0 aliphatic carbocycles. The van der Waals surface area contributed by atoms with Gasteiger partial charge in [0.25, 0.3) is 5.91 Å². The van der Waals surface area contributed by atoms with Crippen molar-refractivity contribution in [1.29, 1.82) is 0 Å². The number of hydrogen-bond donors (Lipinski definition) is 0. The standard InChI is InChI=1S/C18H20ClN7O/c1-2-26-15(20-11-21-26)10-23-8-13-7-12(23)9-25(13)18(27)16-17(19)22-14-5-3-4-6-24(14)16/h3-6,11-13H,2,7-10H2,1H3/t12-,13-/m0/s1. The Kier molecular flexibility index (Phi) is 3.91. The lowest BCUT2D eigenvalue weighted by molar-refractivity contribution is 0.0604. The topological polar surface area (TPSA) is 71.6 Å². The van der Waals surface area contributed by atoms with E-state index in [9.17, 15) is 4.79 Å². The lowest BCUT2D eigenvalue weighted by Gasteiger charge is -2.33. The van der Waals surface area contributed by atoms with E-state index in [0.29, 0.717) is 23.9 Å². The molecule has 2 fully saturated rings. The lowest BCUT2D eigenvalue weighted by atomic mass is 10.2. The number of carbonyl (C=O) groups is 1. The van der Waals surface area contributed by atoms with Crippen molar-refractivity contribution in [2.75, 3.05) is 13.1 Å². The first-order valence-electron chi connectivity index (χ1n) is 9.20. The van der Waals surface area contributed by atoms with Crippen LogP contribution in [0.3, 0.4) is 0 Å². The molecule has 0 N–H and O–H groups in total. The van der Waals surface area contributed by atoms with E-state index in [1.54, 1.807) is 10.7 Å². The smallest absolute Gasteiger partial charge is 0.274 e. The Balaban J connectivity index is 1.34. The van der Waals surface area contributed by atoms with Crippen molar-refractivity contribution in [3.05, 3.63) is 47.4 Å². The molecule has 2 bridgehead atoms. The Hall–Kier alpha value is -2.45. The summed E-state index contributed by atoms with van der Waals surface area (Å²) in [6.07, 6.45) is 4.43. The molecule has 1 amide bonds. The maximum atomic E-state index is 13.2. The van der Waals surface area contributed by atoms with Crippen molar-refractivity contribution in [3.63, 3.8) is 0 Å². The van der Waals surface area contributed by atoms with Gasteiger partial charge in [0.05, 0.1) is 6.54 Å². The molecule has 3 aromatic heterocycles. The fraction of sp³-hybridized carbons (Fsp3) is 0.444. The van der Waals surface area contributed by atoms with Gasteiger partial charge in [-0.3, -0.25) is 14.1 Å². The maximum absolute atomic E-state index is 13.2. The summed E-state index contributed by atoms with van der Waals surface area (Å²) in [6, 6.07) is 6.16. The predicted molar refractivity (Wildman–Crippen MR) is 99.5 cm³/mol. The lowest BCUT2D eigenvalue weighted by Crippen LogP contribution is -2.48. The van der Waals surface area contributed by atoms with Crippen molar-refractivity contribution in [2.45, 2.75) is 38.5 Å². The molecule has 140 valence electrons. The zero-order chi connectivity index (χ0) is 18.5. The van der Waals surface area contributed by atoms with Gasteiger partial charge < -0.3 is 4.90 Å². The molecular formula is C18H20ClN7O. The number of pyridine rings is 1. The second-order valence-electron chi connectivity index (χ2n) is 7.10. The highest BCUT2D eigenvalue weighted by atomic mass is 35.5. The van der Waals surface area contributed by atoms with Gasteiger partial charge in [0.1, 0.15) is 17.8 Å². The van der Waals surface area contributed by atoms with Crippen molar-refractivity contribution in [1.82, 2.24) is 33.9 Å². The number of halogens is 1. The minimum Gasteiger partial charge on any atom is -0.331 e. The van der Waals surface area contributed by atoms with Crippen LogP contribution >= 0.6 is 11.6 Å². The number of carbonyl (C=O) groups excluding carboxylic acids is 1. The van der Waals surface area contributed by atoms with E-state index in [1.807, 2.05) is 34.0 Å². The Morgan fingerprint density at radius 2 is 2.19 bits per heavy atom. The first-order valence-corrected chi connectivity index (χ1v) is 9.57. The summed E-state index contributed by atoms with van der Waals surface area (Å²) in [6.45, 7) is 5.21. The number of rotatable bonds is 4. The molecule has 2 atom stereocenters. The normalized spacial score (nSPS) is 22.2. The van der Waals surface area contributed by atoms with Crippen LogP contribution in [0.4, 0.5) is 0 Å². The molecule has 0 spiro atoms. The average Bonchev–Trinajstić information content (AvgIpc) is 3.43. The number of nitrogens with zero attached hydrogens (tertiary/aromatic N) is 7. The van der Waals surface area contributed by atoms with Gasteiger partial charge in [-0.05, 0) is 25.5 Å². The zero-order valence-electron chi connectivity index (χ0n) is 15.0. The number of imidazole rings is 1. The van der Waals surface area contributed by atoms with Crippen molar-refractivity contribution in [3.8, 4) is 0 Å². The largest absolute Gasteiger partial charge is 0.331 e. The van der Waals surface area contributed by atoms with Crippen LogP contribution in [0.25, 0.3) is 5.65 Å². The Labute approximate surface area is 161 Å². The molecule has 27 heavy (non-hydrogen) atoms. The van der Waals surface area contributed by atoms with E-state index in [0.717, 1.165) is 31.9 Å². The first kappa shape index (κ1) is 16.7. The molecule has 2 saturated heterocycles. The van der Waals surface area contributed by atoms with Crippen molar-refractivity contribution < 1.29 is 4.79 Å². The van der Waals surface area contributed by atoms with E-state index in [1.165, 1.54) is 0 Å². The van der Waals surface area contributed by atoms with Crippen LogP contribution in [0, 0.1) is 0 Å². The molecule has 2 aliphatic heterocycles. The summed E-state index contributed by atoms with van der Waals surface area (Å²) in [7, 11) is 0. The zero-order valence-corrected chi connectivity index (χ0v) is 15.7. The SMILES string of the molecule is CCn1ncnc1CN1C[C@@H]2C[C@H]1CN2C(=O)c1c(Cl)nc2ccccn12. The quantitative estimate of drug-likeness (QED) is 0.683. The molecule has 2 aliphatic rings. The van der Waals surface area contributed by atoms with Gasteiger partial charge in [-0.15, -0.1) is 0 Å². The van der Waals surface area contributed by atoms with E-state index >= 15 is 0 Å². The molecular weight excluding hydrogens is 366 g/mol. The fourth-order valence-electron chi connectivity index (χ4n) is 4.34. The van der Waals surface area contributed by atoms with Gasteiger partial charge in [-0.2, -0.15) is 5.10 Å². The van der Waals surface area contributed by atoms with Crippen LogP contribution in [-0.4, -0.2) is 65.0 Å². The first-order chi connectivity index (χ1) is 13.2. The summed E-state index contributed by atoms with van der Waals surface area (Å²) < 4.78 is 3.70. The third kappa shape index (κ3) is 2.62. The van der Waals surface area contributed by atoms with Crippen LogP contribution < -0.4 is 0 Å². The van der Waals surface area contributed by atoms with Crippen molar-refractivity contribution >= 4 is 23.2 Å². The molecule has 5 heterocycles. The minimum atomic E-state index is -0.0393. The summed E-state index contributed by atoms with van der Waals surface area (Å²) in [4.78, 5) is 26.2. The van der Waals surface area contributed by atoms with Crippen LogP contribution in [0.2, 0.25) is 5.15 Å². The summed E-state index contributed by atoms with van der Waals surface area (Å²) in [5.41, 5.74) is 1.15. The maximum Gasteiger partial charge on any atom is 0.274 e.